The number of hydrogen-bond acceptors (Lipinski definition) is 7. The van der Waals surface area contributed by atoms with Gasteiger partial charge in [-0.2, -0.15) is 4.98 Å². The fourth-order valence-corrected chi connectivity index (χ4v) is 7.22. The van der Waals surface area contributed by atoms with Gasteiger partial charge in [0.1, 0.15) is 5.65 Å². The van der Waals surface area contributed by atoms with Crippen molar-refractivity contribution in [1.29, 1.82) is 0 Å². The van der Waals surface area contributed by atoms with Gasteiger partial charge in [-0.25, -0.2) is 17.7 Å². The van der Waals surface area contributed by atoms with Gasteiger partial charge in [0, 0.05) is 56.3 Å². The van der Waals surface area contributed by atoms with Crippen molar-refractivity contribution in [3.8, 4) is 11.1 Å². The zero-order valence-corrected chi connectivity index (χ0v) is 23.6. The van der Waals surface area contributed by atoms with E-state index in [1.807, 2.05) is 44.2 Å². The number of pyridine rings is 1. The van der Waals surface area contributed by atoms with E-state index in [1.54, 1.807) is 26.9 Å². The number of aryl methyl sites for hydroxylation is 1. The van der Waals surface area contributed by atoms with Gasteiger partial charge in [0.25, 0.3) is 5.56 Å². The first-order valence-electron chi connectivity index (χ1n) is 13.7. The lowest BCUT2D eigenvalue weighted by molar-refractivity contribution is -0.127. The highest BCUT2D eigenvalue weighted by atomic mass is 32.2. The number of nitrogens with zero attached hydrogens (tertiary/aromatic N) is 5. The molecule has 10 nitrogen and oxygen atoms in total. The van der Waals surface area contributed by atoms with Gasteiger partial charge < -0.3 is 10.2 Å². The number of rotatable bonds is 7. The van der Waals surface area contributed by atoms with E-state index in [1.165, 1.54) is 0 Å². The summed E-state index contributed by atoms with van der Waals surface area (Å²) in [4.78, 5) is 37.2. The van der Waals surface area contributed by atoms with E-state index < -0.39 is 10.0 Å². The third-order valence-corrected chi connectivity index (χ3v) is 9.90. The van der Waals surface area contributed by atoms with Crippen molar-refractivity contribution in [2.75, 3.05) is 37.2 Å². The summed E-state index contributed by atoms with van der Waals surface area (Å²) in [6.45, 7) is 7.38. The number of fused-ring (bicyclic) bond motifs is 1. The van der Waals surface area contributed by atoms with Crippen LogP contribution in [0.2, 0.25) is 0 Å². The molecule has 0 unspecified atom stereocenters. The van der Waals surface area contributed by atoms with Gasteiger partial charge in [0.2, 0.25) is 21.9 Å². The summed E-state index contributed by atoms with van der Waals surface area (Å²) < 4.78 is 28.2. The molecule has 4 heterocycles. The minimum absolute atomic E-state index is 0.00538. The molecule has 1 atom stereocenters. The maximum atomic E-state index is 14.0. The van der Waals surface area contributed by atoms with E-state index in [9.17, 15) is 18.0 Å². The molecule has 208 valence electrons. The lowest BCUT2D eigenvalue weighted by Gasteiger charge is -2.31. The van der Waals surface area contributed by atoms with Crippen LogP contribution in [0, 0.1) is 6.92 Å². The molecule has 2 aliphatic heterocycles. The Morgan fingerprint density at radius 3 is 2.51 bits per heavy atom. The Morgan fingerprint density at radius 1 is 1.10 bits per heavy atom. The number of carbonyl (C=O) groups is 1. The van der Waals surface area contributed by atoms with Crippen LogP contribution in [-0.2, 0) is 14.8 Å². The summed E-state index contributed by atoms with van der Waals surface area (Å²) in [7, 11) is -3.21. The molecule has 0 spiro atoms. The molecular weight excluding hydrogens is 516 g/mol. The Hall–Kier alpha value is -3.31. The molecule has 1 N–H and O–H groups in total. The zero-order valence-electron chi connectivity index (χ0n) is 22.8. The minimum atomic E-state index is -3.21. The highest BCUT2D eigenvalue weighted by Crippen LogP contribution is 2.29. The number of amides is 1. The normalized spacial score (nSPS) is 19.1. The predicted octanol–water partition coefficient (Wildman–Crippen LogP) is 3.18. The summed E-state index contributed by atoms with van der Waals surface area (Å²) in [6.07, 6.45) is 4.31. The first-order chi connectivity index (χ1) is 18.7. The number of anilines is 1. The van der Waals surface area contributed by atoms with E-state index >= 15 is 0 Å². The van der Waals surface area contributed by atoms with E-state index in [-0.39, 0.29) is 29.3 Å². The largest absolute Gasteiger partial charge is 0.351 e. The van der Waals surface area contributed by atoms with Gasteiger partial charge >= 0.3 is 0 Å². The van der Waals surface area contributed by atoms with Crippen LogP contribution in [0.15, 0.2) is 41.3 Å². The van der Waals surface area contributed by atoms with Gasteiger partial charge in [0.05, 0.1) is 11.8 Å². The zero-order chi connectivity index (χ0) is 27.7. The second kappa shape index (κ2) is 11.1. The van der Waals surface area contributed by atoms with Crippen LogP contribution in [0.25, 0.3) is 22.2 Å². The van der Waals surface area contributed by atoms with Crippen molar-refractivity contribution < 1.29 is 13.2 Å². The molecule has 2 aromatic heterocycles. The SMILES string of the molecule is CCCS(=O)(=O)N1CCC(Nc2ncc3cc(-c4ccccc4C)c(=O)n([C@H]4CCN(C(C)=O)C4)c3n2)CC1. The second-order valence-corrected chi connectivity index (χ2v) is 12.7. The van der Waals surface area contributed by atoms with Crippen molar-refractivity contribution in [2.45, 2.75) is 58.5 Å². The molecule has 1 aromatic carbocycles. The van der Waals surface area contributed by atoms with Crippen molar-refractivity contribution >= 4 is 32.9 Å². The molecule has 39 heavy (non-hydrogen) atoms. The Bertz CT molecular complexity index is 1550. The first kappa shape index (κ1) is 27.3. The standard InChI is InChI=1S/C28H36N6O4S/c1-4-15-39(37,38)33-13-9-22(10-14-33)30-28-29-17-21-16-25(24-8-6-5-7-19(24)2)27(36)34(26(21)31-28)23-11-12-32(18-23)20(3)35/h5-8,16-17,22-23H,4,9-15,18H2,1-3H3,(H,29,30,31)/t23-/m0/s1. The monoisotopic (exact) mass is 552 g/mol. The topological polar surface area (TPSA) is 118 Å². The van der Waals surface area contributed by atoms with Crippen LogP contribution in [0.1, 0.15) is 51.1 Å². The fourth-order valence-electron chi connectivity index (χ4n) is 5.68. The number of sulfonamides is 1. The van der Waals surface area contributed by atoms with Crippen LogP contribution in [0.3, 0.4) is 0 Å². The maximum Gasteiger partial charge on any atom is 0.260 e. The Labute approximate surface area is 229 Å². The lowest BCUT2D eigenvalue weighted by Crippen LogP contribution is -2.43. The molecule has 1 amide bonds. The fraction of sp³-hybridized carbons (Fsp3) is 0.500. The van der Waals surface area contributed by atoms with Crippen LogP contribution in [0.4, 0.5) is 5.95 Å². The molecule has 0 bridgehead atoms. The van der Waals surface area contributed by atoms with Crippen LogP contribution in [-0.4, -0.2) is 76.0 Å². The van der Waals surface area contributed by atoms with Crippen molar-refractivity contribution in [1.82, 2.24) is 23.7 Å². The lowest BCUT2D eigenvalue weighted by atomic mass is 10.0. The summed E-state index contributed by atoms with van der Waals surface area (Å²) >= 11 is 0. The summed E-state index contributed by atoms with van der Waals surface area (Å²) in [5.41, 5.74) is 2.86. The molecule has 5 rings (SSSR count). The highest BCUT2D eigenvalue weighted by Gasteiger charge is 2.30. The number of hydrogen-bond donors (Lipinski definition) is 1. The van der Waals surface area contributed by atoms with E-state index in [0.29, 0.717) is 69.0 Å². The molecule has 3 aromatic rings. The van der Waals surface area contributed by atoms with E-state index in [2.05, 4.69) is 10.3 Å². The third kappa shape index (κ3) is 5.56. The number of aromatic nitrogens is 3. The first-order valence-corrected chi connectivity index (χ1v) is 15.3. The molecule has 0 saturated carbocycles. The number of likely N-dealkylation sites (tertiary alicyclic amines) is 1. The smallest absolute Gasteiger partial charge is 0.260 e. The average molecular weight is 553 g/mol. The number of piperidine rings is 1. The predicted molar refractivity (Wildman–Crippen MR) is 152 cm³/mol. The van der Waals surface area contributed by atoms with Crippen LogP contribution < -0.4 is 10.9 Å². The van der Waals surface area contributed by atoms with Gasteiger partial charge in [-0.05, 0) is 49.8 Å². The third-order valence-electron chi connectivity index (χ3n) is 7.82. The molecule has 2 aliphatic rings. The molecule has 11 heteroatoms. The van der Waals surface area contributed by atoms with Crippen molar-refractivity contribution in [3.05, 3.63) is 52.4 Å². The highest BCUT2D eigenvalue weighted by molar-refractivity contribution is 7.89. The Balaban J connectivity index is 1.48. The number of carbonyl (C=O) groups excluding carboxylic acids is 1. The van der Waals surface area contributed by atoms with Gasteiger partial charge in [-0.15, -0.1) is 0 Å². The van der Waals surface area contributed by atoms with Crippen molar-refractivity contribution in [2.24, 2.45) is 0 Å². The van der Waals surface area contributed by atoms with E-state index in [4.69, 9.17) is 4.98 Å². The second-order valence-electron chi connectivity index (χ2n) is 10.6. The minimum Gasteiger partial charge on any atom is -0.351 e. The Morgan fingerprint density at radius 2 is 1.85 bits per heavy atom. The average Bonchev–Trinajstić information content (AvgIpc) is 3.39. The quantitative estimate of drug-likeness (QED) is 0.478. The number of benzene rings is 1. The van der Waals surface area contributed by atoms with Gasteiger partial charge in [-0.1, -0.05) is 31.2 Å². The molecule has 2 saturated heterocycles. The van der Waals surface area contributed by atoms with Crippen molar-refractivity contribution in [3.63, 3.8) is 0 Å². The van der Waals surface area contributed by atoms with E-state index in [0.717, 1.165) is 16.5 Å². The summed E-state index contributed by atoms with van der Waals surface area (Å²) in [5.74, 6) is 0.577. The van der Waals surface area contributed by atoms with Crippen LogP contribution >= 0.6 is 0 Å². The molecule has 0 aliphatic carbocycles. The van der Waals surface area contributed by atoms with Gasteiger partial charge in [0.15, 0.2) is 0 Å². The molecule has 0 radical (unpaired) electrons. The van der Waals surface area contributed by atoms with Crippen LogP contribution in [0.5, 0.6) is 0 Å². The van der Waals surface area contributed by atoms with Gasteiger partial charge in [-0.3, -0.25) is 14.2 Å². The summed E-state index contributed by atoms with van der Waals surface area (Å²) in [6, 6.07) is 9.50. The summed E-state index contributed by atoms with van der Waals surface area (Å²) in [5, 5.41) is 4.12. The maximum absolute atomic E-state index is 14.0. The molecule has 2 fully saturated rings. The Kier molecular flexibility index (Phi) is 7.73. The molecular formula is C28H36N6O4S. The number of nitrogens with one attached hydrogen (secondary N) is 1.